The first-order chi connectivity index (χ1) is 13.7. The minimum absolute atomic E-state index is 0.000552. The van der Waals surface area contributed by atoms with Gasteiger partial charge >= 0.3 is 6.03 Å². The van der Waals surface area contributed by atoms with Gasteiger partial charge in [-0.15, -0.1) is 0 Å². The van der Waals surface area contributed by atoms with Gasteiger partial charge in [0.1, 0.15) is 6.54 Å². The van der Waals surface area contributed by atoms with Crippen LogP contribution in [0.25, 0.3) is 22.3 Å². The maximum Gasteiger partial charge on any atom is 0.331 e. The predicted octanol–water partition coefficient (Wildman–Crippen LogP) is 2.28. The molecule has 3 aromatic rings. The second-order valence-corrected chi connectivity index (χ2v) is 6.84. The molecular formula is C20H16N2O7. The average molecular weight is 396 g/mol. The minimum Gasteiger partial charge on any atom is -0.504 e. The van der Waals surface area contributed by atoms with E-state index in [0.717, 1.165) is 11.0 Å². The zero-order valence-corrected chi connectivity index (χ0v) is 15.5. The number of phenols is 2. The highest BCUT2D eigenvalue weighted by molar-refractivity contribution is 6.22. The first-order valence-electron chi connectivity index (χ1n) is 8.60. The first kappa shape index (κ1) is 18.4. The fraction of sp³-hybridized carbons (Fsp3) is 0.150. The molecular weight excluding hydrogens is 380 g/mol. The van der Waals surface area contributed by atoms with Crippen molar-refractivity contribution in [2.75, 3.05) is 18.5 Å². The van der Waals surface area contributed by atoms with E-state index >= 15 is 0 Å². The molecule has 9 heteroatoms. The molecule has 1 aliphatic rings. The van der Waals surface area contributed by atoms with Crippen LogP contribution in [0.2, 0.25) is 0 Å². The summed E-state index contributed by atoms with van der Waals surface area (Å²) in [5.41, 5.74) is -0.0196. The number of rotatable bonds is 2. The van der Waals surface area contributed by atoms with Crippen LogP contribution in [0.4, 0.5) is 10.5 Å². The number of fused-ring (bicyclic) bond motifs is 1. The lowest BCUT2D eigenvalue weighted by Crippen LogP contribution is -2.31. The van der Waals surface area contributed by atoms with Crippen molar-refractivity contribution in [2.45, 2.75) is 6.92 Å². The van der Waals surface area contributed by atoms with Crippen molar-refractivity contribution in [1.29, 1.82) is 0 Å². The van der Waals surface area contributed by atoms with Crippen LogP contribution < -0.4 is 10.3 Å². The lowest BCUT2D eigenvalue weighted by atomic mass is 10.1. The highest BCUT2D eigenvalue weighted by atomic mass is 16.4. The number of amides is 3. The number of aromatic hydroxyl groups is 3. The van der Waals surface area contributed by atoms with Crippen molar-refractivity contribution in [2.24, 2.45) is 0 Å². The number of carbonyl (C=O) groups excluding carboxylic acids is 2. The van der Waals surface area contributed by atoms with E-state index in [1.807, 2.05) is 0 Å². The Morgan fingerprint density at radius 3 is 2.34 bits per heavy atom. The smallest absolute Gasteiger partial charge is 0.331 e. The van der Waals surface area contributed by atoms with Gasteiger partial charge in [-0.3, -0.25) is 9.59 Å². The third-order valence-corrected chi connectivity index (χ3v) is 4.71. The third-order valence-electron chi connectivity index (χ3n) is 4.71. The van der Waals surface area contributed by atoms with Gasteiger partial charge in [-0.1, -0.05) is 0 Å². The Balaban J connectivity index is 2.05. The van der Waals surface area contributed by atoms with Crippen molar-refractivity contribution < 1.29 is 29.3 Å². The molecule has 0 spiro atoms. The Hall–Kier alpha value is -4.01. The standard InChI is InChI=1S/C20H16N2O7/c1-9-5-11-16(26)17(27)18(10-3-4-13(23)14(24)7-10)29-19(11)12(6-9)22-15(25)8-21(2)20(22)28/h3-7,23-24,27H,8H2,1-2H3. The molecule has 3 N–H and O–H groups in total. The number of hydrogen-bond donors (Lipinski definition) is 3. The number of imide groups is 1. The number of carbonyl (C=O) groups is 2. The zero-order valence-electron chi connectivity index (χ0n) is 15.5. The molecule has 9 nitrogen and oxygen atoms in total. The maximum absolute atomic E-state index is 12.8. The normalized spacial score (nSPS) is 14.3. The SMILES string of the molecule is Cc1cc(N2C(=O)CN(C)C2=O)c2oc(-c3ccc(O)c(O)c3)c(O)c(=O)c2c1. The summed E-state index contributed by atoms with van der Waals surface area (Å²) in [6.45, 7) is 1.56. The summed E-state index contributed by atoms with van der Waals surface area (Å²) < 4.78 is 5.78. The number of urea groups is 1. The van der Waals surface area contributed by atoms with Crippen molar-refractivity contribution >= 4 is 28.6 Å². The molecule has 0 atom stereocenters. The van der Waals surface area contributed by atoms with Crippen molar-refractivity contribution in [3.8, 4) is 28.6 Å². The van der Waals surface area contributed by atoms with E-state index in [-0.39, 0.29) is 40.3 Å². The van der Waals surface area contributed by atoms with Crippen LogP contribution in [0.3, 0.4) is 0 Å². The molecule has 0 bridgehead atoms. The summed E-state index contributed by atoms with van der Waals surface area (Å²) >= 11 is 0. The van der Waals surface area contributed by atoms with Crippen molar-refractivity contribution in [3.05, 3.63) is 46.1 Å². The van der Waals surface area contributed by atoms with Crippen LogP contribution >= 0.6 is 0 Å². The van der Waals surface area contributed by atoms with Gasteiger partial charge in [0.2, 0.25) is 11.2 Å². The van der Waals surface area contributed by atoms with Crippen LogP contribution in [0.15, 0.2) is 39.5 Å². The lowest BCUT2D eigenvalue weighted by Gasteiger charge is -2.17. The summed E-state index contributed by atoms with van der Waals surface area (Å²) in [4.78, 5) is 39.8. The van der Waals surface area contributed by atoms with E-state index in [4.69, 9.17) is 4.42 Å². The molecule has 0 aliphatic carbocycles. The third kappa shape index (κ3) is 2.75. The number of benzene rings is 2. The maximum atomic E-state index is 12.8. The van der Waals surface area contributed by atoms with Crippen molar-refractivity contribution in [1.82, 2.24) is 4.90 Å². The van der Waals surface area contributed by atoms with Gasteiger partial charge in [0.25, 0.3) is 5.91 Å². The summed E-state index contributed by atoms with van der Waals surface area (Å²) in [6.07, 6.45) is 0. The van der Waals surface area contributed by atoms with E-state index in [9.17, 15) is 29.7 Å². The van der Waals surface area contributed by atoms with Crippen LogP contribution in [0, 0.1) is 6.92 Å². The molecule has 1 aromatic heterocycles. The lowest BCUT2D eigenvalue weighted by molar-refractivity contribution is -0.116. The second-order valence-electron chi connectivity index (χ2n) is 6.84. The highest BCUT2D eigenvalue weighted by Crippen LogP contribution is 2.38. The van der Waals surface area contributed by atoms with E-state index in [1.54, 1.807) is 6.92 Å². The minimum atomic E-state index is -0.758. The molecule has 1 aliphatic heterocycles. The number of anilines is 1. The van der Waals surface area contributed by atoms with E-state index in [1.165, 1.54) is 36.2 Å². The molecule has 3 amide bonds. The molecule has 4 rings (SSSR count). The van der Waals surface area contributed by atoms with Crippen LogP contribution in [0.5, 0.6) is 17.2 Å². The topological polar surface area (TPSA) is 132 Å². The Bertz CT molecular complexity index is 1260. The van der Waals surface area contributed by atoms with Gasteiger partial charge in [0.15, 0.2) is 22.8 Å². The largest absolute Gasteiger partial charge is 0.504 e. The van der Waals surface area contributed by atoms with Gasteiger partial charge in [-0.05, 0) is 42.8 Å². The van der Waals surface area contributed by atoms with Gasteiger partial charge < -0.3 is 24.6 Å². The first-order valence-corrected chi connectivity index (χ1v) is 8.60. The van der Waals surface area contributed by atoms with Gasteiger partial charge in [0.05, 0.1) is 11.1 Å². The molecule has 0 saturated carbocycles. The van der Waals surface area contributed by atoms with E-state index in [0.29, 0.717) is 5.56 Å². The number of phenolic OH excluding ortho intramolecular Hbond substituents is 2. The zero-order chi connectivity index (χ0) is 21.0. The Morgan fingerprint density at radius 2 is 1.72 bits per heavy atom. The average Bonchev–Trinajstić information content (AvgIpc) is 2.92. The molecule has 1 fully saturated rings. The summed E-state index contributed by atoms with van der Waals surface area (Å²) in [6, 6.07) is 6.08. The predicted molar refractivity (Wildman–Crippen MR) is 103 cm³/mol. The molecule has 1 saturated heterocycles. The summed E-state index contributed by atoms with van der Waals surface area (Å²) in [5, 5.41) is 29.6. The molecule has 0 unspecified atom stereocenters. The monoisotopic (exact) mass is 396 g/mol. The van der Waals surface area contributed by atoms with Gasteiger partial charge in [-0.2, -0.15) is 0 Å². The number of likely N-dealkylation sites (N-methyl/N-ethyl adjacent to an activating group) is 1. The quantitative estimate of drug-likeness (QED) is 0.447. The van der Waals surface area contributed by atoms with Crippen LogP contribution in [-0.2, 0) is 4.79 Å². The fourth-order valence-corrected chi connectivity index (χ4v) is 3.29. The number of hydrogen-bond acceptors (Lipinski definition) is 7. The fourth-order valence-electron chi connectivity index (χ4n) is 3.29. The number of aryl methyl sites for hydroxylation is 1. The Kier molecular flexibility index (Phi) is 3.97. The Labute approximate surface area is 163 Å². The van der Waals surface area contributed by atoms with Crippen LogP contribution in [-0.4, -0.2) is 45.8 Å². The van der Waals surface area contributed by atoms with Crippen LogP contribution in [0.1, 0.15) is 5.56 Å². The highest BCUT2D eigenvalue weighted by Gasteiger charge is 2.37. The second kappa shape index (κ2) is 6.26. The summed E-state index contributed by atoms with van der Waals surface area (Å²) in [5.74, 6) is -2.31. The molecule has 0 radical (unpaired) electrons. The van der Waals surface area contributed by atoms with Gasteiger partial charge in [0, 0.05) is 12.6 Å². The van der Waals surface area contributed by atoms with E-state index in [2.05, 4.69) is 0 Å². The van der Waals surface area contributed by atoms with E-state index < -0.39 is 28.9 Å². The molecule has 148 valence electrons. The number of nitrogens with zero attached hydrogens (tertiary/aromatic N) is 2. The summed E-state index contributed by atoms with van der Waals surface area (Å²) in [7, 11) is 1.48. The van der Waals surface area contributed by atoms with Crippen molar-refractivity contribution in [3.63, 3.8) is 0 Å². The Morgan fingerprint density at radius 1 is 1.00 bits per heavy atom. The molecule has 2 aromatic carbocycles. The molecule has 29 heavy (non-hydrogen) atoms. The van der Waals surface area contributed by atoms with Gasteiger partial charge in [-0.25, -0.2) is 9.69 Å². The molecule has 2 heterocycles.